The number of halogens is 1. The van der Waals surface area contributed by atoms with Crippen LogP contribution in [0.15, 0.2) is 12.4 Å². The lowest BCUT2D eigenvalue weighted by molar-refractivity contribution is -0.132. The maximum absolute atomic E-state index is 12.5. The molecule has 122 valence electrons. The van der Waals surface area contributed by atoms with Gasteiger partial charge in [-0.15, -0.1) is 11.8 Å². The molecule has 2 aromatic heterocycles. The van der Waals surface area contributed by atoms with Gasteiger partial charge in [0.2, 0.25) is 5.91 Å². The molecule has 0 N–H and O–H groups in total. The standard InChI is InChI=1S/C15H18ClN5OS/c1-9-6-18-11(7-17-9)8-21-12(22)4-5-23-15(21)13-10(2)19-20(3)14(13)16/h6-7,15H,4-5,8H2,1-3H3. The van der Waals surface area contributed by atoms with Crippen LogP contribution < -0.4 is 0 Å². The molecule has 0 radical (unpaired) electrons. The van der Waals surface area contributed by atoms with Gasteiger partial charge in [0.15, 0.2) is 0 Å². The van der Waals surface area contributed by atoms with Crippen LogP contribution in [-0.4, -0.2) is 36.3 Å². The Morgan fingerprint density at radius 2 is 2.13 bits per heavy atom. The zero-order chi connectivity index (χ0) is 16.6. The number of hydrogen-bond donors (Lipinski definition) is 0. The summed E-state index contributed by atoms with van der Waals surface area (Å²) in [5.41, 5.74) is 3.39. The van der Waals surface area contributed by atoms with Gasteiger partial charge in [-0.25, -0.2) is 0 Å². The average Bonchev–Trinajstić information content (AvgIpc) is 2.77. The van der Waals surface area contributed by atoms with Crippen LogP contribution in [0, 0.1) is 13.8 Å². The molecule has 1 saturated heterocycles. The van der Waals surface area contributed by atoms with Gasteiger partial charge in [0, 0.05) is 31.0 Å². The fraction of sp³-hybridized carbons (Fsp3) is 0.467. The van der Waals surface area contributed by atoms with Crippen LogP contribution in [0.2, 0.25) is 5.15 Å². The van der Waals surface area contributed by atoms with Crippen molar-refractivity contribution in [2.75, 3.05) is 5.75 Å². The van der Waals surface area contributed by atoms with Gasteiger partial charge in [-0.2, -0.15) is 5.10 Å². The molecule has 1 aliphatic heterocycles. The summed E-state index contributed by atoms with van der Waals surface area (Å²) in [6, 6.07) is 0. The Labute approximate surface area is 144 Å². The molecule has 1 atom stereocenters. The van der Waals surface area contributed by atoms with Crippen LogP contribution in [0.1, 0.15) is 34.4 Å². The van der Waals surface area contributed by atoms with Crippen molar-refractivity contribution < 1.29 is 4.79 Å². The van der Waals surface area contributed by atoms with Gasteiger partial charge in [0.1, 0.15) is 10.5 Å². The average molecular weight is 352 g/mol. The third kappa shape index (κ3) is 3.21. The van der Waals surface area contributed by atoms with E-state index in [0.29, 0.717) is 18.1 Å². The van der Waals surface area contributed by atoms with E-state index < -0.39 is 0 Å². The maximum atomic E-state index is 12.5. The smallest absolute Gasteiger partial charge is 0.224 e. The van der Waals surface area contributed by atoms with E-state index >= 15 is 0 Å². The molecular weight excluding hydrogens is 334 g/mol. The molecule has 1 amide bonds. The quantitative estimate of drug-likeness (QED) is 0.850. The van der Waals surface area contributed by atoms with E-state index in [1.165, 1.54) is 0 Å². The number of amides is 1. The molecule has 23 heavy (non-hydrogen) atoms. The van der Waals surface area contributed by atoms with Gasteiger partial charge in [0.25, 0.3) is 0 Å². The fourth-order valence-corrected chi connectivity index (χ4v) is 4.31. The van der Waals surface area contributed by atoms with E-state index in [9.17, 15) is 4.79 Å². The molecule has 2 aromatic rings. The van der Waals surface area contributed by atoms with Gasteiger partial charge in [-0.05, 0) is 13.8 Å². The third-order valence-corrected chi connectivity index (χ3v) is 5.50. The normalized spacial score (nSPS) is 18.5. The first-order valence-electron chi connectivity index (χ1n) is 7.35. The van der Waals surface area contributed by atoms with Gasteiger partial charge >= 0.3 is 0 Å². The lowest BCUT2D eigenvalue weighted by atomic mass is 10.2. The number of aromatic nitrogens is 4. The number of nitrogens with zero attached hydrogens (tertiary/aromatic N) is 5. The van der Waals surface area contributed by atoms with Crippen LogP contribution in [0.25, 0.3) is 0 Å². The summed E-state index contributed by atoms with van der Waals surface area (Å²) in [5, 5.41) is 4.81. The van der Waals surface area contributed by atoms with Crippen LogP contribution in [-0.2, 0) is 18.4 Å². The molecule has 0 aliphatic carbocycles. The van der Waals surface area contributed by atoms with Crippen molar-refractivity contribution in [2.45, 2.75) is 32.2 Å². The molecule has 8 heteroatoms. The van der Waals surface area contributed by atoms with Gasteiger partial charge in [0.05, 0.1) is 29.8 Å². The molecule has 6 nitrogen and oxygen atoms in total. The zero-order valence-electron chi connectivity index (χ0n) is 13.3. The van der Waals surface area contributed by atoms with Crippen LogP contribution in [0.3, 0.4) is 0 Å². The zero-order valence-corrected chi connectivity index (χ0v) is 14.9. The van der Waals surface area contributed by atoms with Crippen molar-refractivity contribution in [1.82, 2.24) is 24.6 Å². The van der Waals surface area contributed by atoms with Crippen LogP contribution in [0.5, 0.6) is 0 Å². The Balaban J connectivity index is 1.93. The predicted octanol–water partition coefficient (Wildman–Crippen LogP) is 2.64. The second-order valence-electron chi connectivity index (χ2n) is 5.56. The Morgan fingerprint density at radius 3 is 2.74 bits per heavy atom. The molecule has 0 spiro atoms. The minimum Gasteiger partial charge on any atom is -0.320 e. The number of aryl methyl sites for hydroxylation is 3. The van der Waals surface area contributed by atoms with Crippen molar-refractivity contribution in [3.05, 3.63) is 40.2 Å². The van der Waals surface area contributed by atoms with Gasteiger partial charge < -0.3 is 4.90 Å². The highest BCUT2D eigenvalue weighted by atomic mass is 35.5. The second kappa shape index (κ2) is 6.49. The first-order valence-corrected chi connectivity index (χ1v) is 8.77. The van der Waals surface area contributed by atoms with E-state index in [-0.39, 0.29) is 11.3 Å². The van der Waals surface area contributed by atoms with Crippen LogP contribution in [0.4, 0.5) is 0 Å². The topological polar surface area (TPSA) is 63.9 Å². The summed E-state index contributed by atoms with van der Waals surface area (Å²) in [4.78, 5) is 22.9. The van der Waals surface area contributed by atoms with E-state index in [0.717, 1.165) is 28.4 Å². The molecule has 3 rings (SSSR count). The van der Waals surface area contributed by atoms with E-state index in [4.69, 9.17) is 11.6 Å². The number of rotatable bonds is 3. The highest BCUT2D eigenvalue weighted by molar-refractivity contribution is 7.99. The summed E-state index contributed by atoms with van der Waals surface area (Å²) in [5.74, 6) is 0.889. The largest absolute Gasteiger partial charge is 0.320 e. The lowest BCUT2D eigenvalue weighted by Gasteiger charge is -2.35. The molecule has 0 aromatic carbocycles. The molecular formula is C15H18ClN5OS. The van der Waals surface area contributed by atoms with Crippen molar-refractivity contribution in [3.63, 3.8) is 0 Å². The summed E-state index contributed by atoms with van der Waals surface area (Å²) in [6.45, 7) is 4.24. The third-order valence-electron chi connectivity index (χ3n) is 3.80. The Hall–Kier alpha value is -1.60. The molecule has 0 bridgehead atoms. The highest BCUT2D eigenvalue weighted by Crippen LogP contribution is 2.42. The van der Waals surface area contributed by atoms with E-state index in [1.807, 2.05) is 25.8 Å². The molecule has 1 unspecified atom stereocenters. The summed E-state index contributed by atoms with van der Waals surface area (Å²) in [7, 11) is 1.81. The van der Waals surface area contributed by atoms with Crippen LogP contribution >= 0.6 is 23.4 Å². The first kappa shape index (κ1) is 16.3. The fourth-order valence-electron chi connectivity index (χ4n) is 2.63. The Bertz CT molecular complexity index is 730. The van der Waals surface area contributed by atoms with Gasteiger partial charge in [-0.3, -0.25) is 19.4 Å². The van der Waals surface area contributed by atoms with Crippen molar-refractivity contribution in [3.8, 4) is 0 Å². The minimum atomic E-state index is -0.138. The monoisotopic (exact) mass is 351 g/mol. The number of hydrogen-bond acceptors (Lipinski definition) is 5. The molecule has 0 saturated carbocycles. The lowest BCUT2D eigenvalue weighted by Crippen LogP contribution is -2.37. The summed E-state index contributed by atoms with van der Waals surface area (Å²) >= 11 is 8.12. The number of thioether (sulfide) groups is 1. The van der Waals surface area contributed by atoms with E-state index in [2.05, 4.69) is 15.1 Å². The maximum Gasteiger partial charge on any atom is 0.224 e. The highest BCUT2D eigenvalue weighted by Gasteiger charge is 2.34. The SMILES string of the molecule is Cc1cnc(CN2C(=O)CCSC2c2c(C)nn(C)c2Cl)cn1. The van der Waals surface area contributed by atoms with Crippen molar-refractivity contribution in [1.29, 1.82) is 0 Å². The molecule has 3 heterocycles. The molecule has 1 fully saturated rings. The van der Waals surface area contributed by atoms with Crippen molar-refractivity contribution >= 4 is 29.3 Å². The second-order valence-corrected chi connectivity index (χ2v) is 7.10. The van der Waals surface area contributed by atoms with E-state index in [1.54, 1.807) is 28.8 Å². The minimum absolute atomic E-state index is 0.107. The molecule has 1 aliphatic rings. The Kier molecular flexibility index (Phi) is 4.59. The first-order chi connectivity index (χ1) is 11.0. The number of carbonyl (C=O) groups is 1. The Morgan fingerprint density at radius 1 is 1.35 bits per heavy atom. The predicted molar refractivity (Wildman–Crippen MR) is 90.1 cm³/mol. The van der Waals surface area contributed by atoms with Gasteiger partial charge in [-0.1, -0.05) is 11.6 Å². The summed E-state index contributed by atoms with van der Waals surface area (Å²) < 4.78 is 1.65. The van der Waals surface area contributed by atoms with Crippen molar-refractivity contribution in [2.24, 2.45) is 7.05 Å². The number of carbonyl (C=O) groups excluding carboxylic acids is 1. The summed E-state index contributed by atoms with van der Waals surface area (Å²) in [6.07, 6.45) is 3.96.